The first kappa shape index (κ1) is 11.6. The predicted octanol–water partition coefficient (Wildman–Crippen LogP) is 1.81. The van der Waals surface area contributed by atoms with Crippen LogP contribution in [0.5, 0.6) is 11.5 Å². The maximum atomic E-state index is 5.76. The molecule has 0 aromatic carbocycles. The number of ether oxygens (including phenoxy) is 1. The quantitative estimate of drug-likeness (QED) is 0.854. The SMILES string of the molecule is CCn1cc(Oc2cnccc2CNC)cn1. The molecule has 0 saturated carbocycles. The van der Waals surface area contributed by atoms with Crippen LogP contribution in [0, 0.1) is 0 Å². The van der Waals surface area contributed by atoms with E-state index in [4.69, 9.17) is 4.74 Å². The van der Waals surface area contributed by atoms with E-state index in [2.05, 4.69) is 15.4 Å². The van der Waals surface area contributed by atoms with Gasteiger partial charge in [-0.3, -0.25) is 9.67 Å². The van der Waals surface area contributed by atoms with Crippen LogP contribution < -0.4 is 10.1 Å². The third-order valence-electron chi connectivity index (χ3n) is 2.40. The van der Waals surface area contributed by atoms with E-state index in [1.165, 1.54) is 0 Å². The summed E-state index contributed by atoms with van der Waals surface area (Å²) in [5.41, 5.74) is 1.08. The van der Waals surface area contributed by atoms with Gasteiger partial charge in [-0.1, -0.05) is 0 Å². The Hall–Kier alpha value is -1.88. The molecule has 0 fully saturated rings. The smallest absolute Gasteiger partial charge is 0.165 e. The first-order valence-corrected chi connectivity index (χ1v) is 5.61. The van der Waals surface area contributed by atoms with Gasteiger partial charge in [0, 0.05) is 24.8 Å². The molecule has 0 atom stereocenters. The molecular weight excluding hydrogens is 216 g/mol. The van der Waals surface area contributed by atoms with Crippen molar-refractivity contribution in [2.45, 2.75) is 20.0 Å². The molecule has 1 N–H and O–H groups in total. The van der Waals surface area contributed by atoms with Crippen molar-refractivity contribution in [1.29, 1.82) is 0 Å². The number of nitrogens with one attached hydrogen (secondary N) is 1. The van der Waals surface area contributed by atoms with Gasteiger partial charge in [0.25, 0.3) is 0 Å². The molecule has 0 aliphatic carbocycles. The van der Waals surface area contributed by atoms with Crippen LogP contribution in [0.2, 0.25) is 0 Å². The fraction of sp³-hybridized carbons (Fsp3) is 0.333. The van der Waals surface area contributed by atoms with Crippen molar-refractivity contribution in [3.05, 3.63) is 36.4 Å². The minimum atomic E-state index is 0.734. The minimum Gasteiger partial charge on any atom is -0.452 e. The van der Waals surface area contributed by atoms with Crippen molar-refractivity contribution < 1.29 is 4.74 Å². The van der Waals surface area contributed by atoms with Gasteiger partial charge in [0.15, 0.2) is 5.75 Å². The van der Waals surface area contributed by atoms with Gasteiger partial charge in [-0.05, 0) is 20.0 Å². The van der Waals surface area contributed by atoms with Crippen molar-refractivity contribution in [3.8, 4) is 11.5 Å². The Morgan fingerprint density at radius 1 is 1.41 bits per heavy atom. The van der Waals surface area contributed by atoms with Crippen molar-refractivity contribution >= 4 is 0 Å². The molecule has 2 aromatic rings. The van der Waals surface area contributed by atoms with Crippen LogP contribution in [-0.2, 0) is 13.1 Å². The molecule has 0 spiro atoms. The van der Waals surface area contributed by atoms with Crippen molar-refractivity contribution in [1.82, 2.24) is 20.1 Å². The average molecular weight is 232 g/mol. The lowest BCUT2D eigenvalue weighted by molar-refractivity contribution is 0.470. The van der Waals surface area contributed by atoms with Crippen LogP contribution in [-0.4, -0.2) is 21.8 Å². The topological polar surface area (TPSA) is 52.0 Å². The van der Waals surface area contributed by atoms with E-state index in [1.807, 2.05) is 30.9 Å². The van der Waals surface area contributed by atoms with E-state index >= 15 is 0 Å². The van der Waals surface area contributed by atoms with Gasteiger partial charge in [0.1, 0.15) is 5.75 Å². The van der Waals surface area contributed by atoms with Crippen LogP contribution >= 0.6 is 0 Å². The lowest BCUT2D eigenvalue weighted by Gasteiger charge is -2.08. The monoisotopic (exact) mass is 232 g/mol. The van der Waals surface area contributed by atoms with Gasteiger partial charge < -0.3 is 10.1 Å². The van der Waals surface area contributed by atoms with Gasteiger partial charge >= 0.3 is 0 Å². The Labute approximate surface area is 100 Å². The van der Waals surface area contributed by atoms with E-state index < -0.39 is 0 Å². The van der Waals surface area contributed by atoms with E-state index in [-0.39, 0.29) is 0 Å². The zero-order chi connectivity index (χ0) is 12.1. The first-order chi connectivity index (χ1) is 8.33. The fourth-order valence-corrected chi connectivity index (χ4v) is 1.53. The molecule has 0 amide bonds. The second-order valence-corrected chi connectivity index (χ2v) is 3.65. The number of pyridine rings is 1. The molecule has 90 valence electrons. The number of rotatable bonds is 5. The molecule has 5 nitrogen and oxygen atoms in total. The summed E-state index contributed by atoms with van der Waals surface area (Å²) in [6.07, 6.45) is 7.06. The molecule has 0 saturated heterocycles. The number of aromatic nitrogens is 3. The number of hydrogen-bond donors (Lipinski definition) is 1. The maximum Gasteiger partial charge on any atom is 0.165 e. The minimum absolute atomic E-state index is 0.734. The second-order valence-electron chi connectivity index (χ2n) is 3.65. The van der Waals surface area contributed by atoms with Crippen LogP contribution in [0.15, 0.2) is 30.9 Å². The van der Waals surface area contributed by atoms with Gasteiger partial charge in [0.2, 0.25) is 0 Å². The molecule has 0 aliphatic rings. The highest BCUT2D eigenvalue weighted by Gasteiger charge is 2.05. The largest absolute Gasteiger partial charge is 0.452 e. The van der Waals surface area contributed by atoms with Gasteiger partial charge in [0.05, 0.1) is 18.6 Å². The van der Waals surface area contributed by atoms with E-state index in [0.717, 1.165) is 30.2 Å². The second kappa shape index (κ2) is 5.45. The molecule has 0 unspecified atom stereocenters. The molecule has 0 aliphatic heterocycles. The summed E-state index contributed by atoms with van der Waals surface area (Å²) in [6.45, 7) is 3.62. The Morgan fingerprint density at radius 2 is 2.29 bits per heavy atom. The zero-order valence-electron chi connectivity index (χ0n) is 10.1. The number of hydrogen-bond acceptors (Lipinski definition) is 4. The third kappa shape index (κ3) is 2.82. The van der Waals surface area contributed by atoms with Crippen LogP contribution in [0.4, 0.5) is 0 Å². The van der Waals surface area contributed by atoms with Gasteiger partial charge in [-0.25, -0.2) is 0 Å². The highest BCUT2D eigenvalue weighted by molar-refractivity contribution is 5.33. The van der Waals surface area contributed by atoms with Crippen molar-refractivity contribution in [2.24, 2.45) is 0 Å². The maximum absolute atomic E-state index is 5.76. The van der Waals surface area contributed by atoms with E-state index in [9.17, 15) is 0 Å². The summed E-state index contributed by atoms with van der Waals surface area (Å²) in [4.78, 5) is 4.07. The van der Waals surface area contributed by atoms with E-state index in [1.54, 1.807) is 18.6 Å². The number of nitrogens with zero attached hydrogens (tertiary/aromatic N) is 3. The van der Waals surface area contributed by atoms with Crippen molar-refractivity contribution in [3.63, 3.8) is 0 Å². The molecule has 0 bridgehead atoms. The summed E-state index contributed by atoms with van der Waals surface area (Å²) in [7, 11) is 1.90. The molecule has 5 heteroatoms. The highest BCUT2D eigenvalue weighted by atomic mass is 16.5. The standard InChI is InChI=1S/C12H16N4O/c1-3-16-9-11(7-15-16)17-12-8-14-5-4-10(12)6-13-2/h4-5,7-9,13H,3,6H2,1-2H3. The number of aryl methyl sites for hydroxylation is 1. The van der Waals surface area contributed by atoms with Crippen molar-refractivity contribution in [2.75, 3.05) is 7.05 Å². The normalized spacial score (nSPS) is 10.5. The first-order valence-electron chi connectivity index (χ1n) is 5.61. The van der Waals surface area contributed by atoms with E-state index in [0.29, 0.717) is 0 Å². The Balaban J connectivity index is 2.17. The molecule has 17 heavy (non-hydrogen) atoms. The predicted molar refractivity (Wildman–Crippen MR) is 65.0 cm³/mol. The summed E-state index contributed by atoms with van der Waals surface area (Å²) >= 11 is 0. The molecule has 2 rings (SSSR count). The van der Waals surface area contributed by atoms with Gasteiger partial charge in [-0.2, -0.15) is 5.10 Å². The summed E-state index contributed by atoms with van der Waals surface area (Å²) in [6, 6.07) is 1.94. The fourth-order valence-electron chi connectivity index (χ4n) is 1.53. The Bertz CT molecular complexity index is 481. The lowest BCUT2D eigenvalue weighted by atomic mass is 10.2. The average Bonchev–Trinajstić information content (AvgIpc) is 2.80. The van der Waals surface area contributed by atoms with Gasteiger partial charge in [-0.15, -0.1) is 0 Å². The van der Waals surface area contributed by atoms with Crippen LogP contribution in [0.1, 0.15) is 12.5 Å². The summed E-state index contributed by atoms with van der Waals surface area (Å²) in [5, 5.41) is 7.26. The molecule has 2 heterocycles. The highest BCUT2D eigenvalue weighted by Crippen LogP contribution is 2.23. The molecule has 0 radical (unpaired) electrons. The molecular formula is C12H16N4O. The summed E-state index contributed by atoms with van der Waals surface area (Å²) in [5.74, 6) is 1.50. The third-order valence-corrected chi connectivity index (χ3v) is 2.40. The van der Waals surface area contributed by atoms with Crippen LogP contribution in [0.25, 0.3) is 0 Å². The Morgan fingerprint density at radius 3 is 3.00 bits per heavy atom. The summed E-state index contributed by atoms with van der Waals surface area (Å²) < 4.78 is 7.58. The lowest BCUT2D eigenvalue weighted by Crippen LogP contribution is -2.06. The van der Waals surface area contributed by atoms with Crippen LogP contribution in [0.3, 0.4) is 0 Å². The molecule has 2 aromatic heterocycles. The zero-order valence-corrected chi connectivity index (χ0v) is 10.1. The Kier molecular flexibility index (Phi) is 3.72.